The molecule has 2 nitrogen and oxygen atoms in total. The molecule has 0 bridgehead atoms. The molecule has 10 heavy (non-hydrogen) atoms. The van der Waals surface area contributed by atoms with Gasteiger partial charge < -0.3 is 5.73 Å². The van der Waals surface area contributed by atoms with Gasteiger partial charge in [-0.1, -0.05) is 0 Å². The van der Waals surface area contributed by atoms with Crippen LogP contribution < -0.4 is 5.73 Å². The molecule has 2 unspecified atom stereocenters. The topological polar surface area (TPSA) is 29.3 Å². The Bertz CT molecular complexity index is 112. The molecule has 0 aromatic carbocycles. The second-order valence-electron chi connectivity index (χ2n) is 3.52. The van der Waals surface area contributed by atoms with Crippen LogP contribution in [0, 0.1) is 0 Å². The number of rotatable bonds is 1. The molecule has 60 valence electrons. The number of nitrogens with zero attached hydrogens (tertiary/aromatic N) is 1. The highest BCUT2D eigenvalue weighted by Crippen LogP contribution is 2.17. The van der Waals surface area contributed by atoms with Crippen LogP contribution in [0.4, 0.5) is 0 Å². The van der Waals surface area contributed by atoms with Crippen molar-refractivity contribution in [1.29, 1.82) is 0 Å². The summed E-state index contributed by atoms with van der Waals surface area (Å²) < 4.78 is 0. The van der Waals surface area contributed by atoms with E-state index >= 15 is 0 Å². The highest BCUT2D eigenvalue weighted by molar-refractivity contribution is 4.87. The molecule has 0 radical (unpaired) electrons. The van der Waals surface area contributed by atoms with Gasteiger partial charge in [0.1, 0.15) is 0 Å². The maximum absolute atomic E-state index is 5.86. The predicted molar refractivity (Wildman–Crippen MR) is 43.9 cm³/mol. The van der Waals surface area contributed by atoms with Gasteiger partial charge in [-0.2, -0.15) is 0 Å². The summed E-state index contributed by atoms with van der Waals surface area (Å²) in [5, 5.41) is 0. The summed E-state index contributed by atoms with van der Waals surface area (Å²) in [5.41, 5.74) is 5.86. The molecule has 1 aliphatic rings. The van der Waals surface area contributed by atoms with Gasteiger partial charge in [0.25, 0.3) is 0 Å². The van der Waals surface area contributed by atoms with Gasteiger partial charge in [-0.25, -0.2) is 0 Å². The fourth-order valence-electron chi connectivity index (χ4n) is 1.72. The van der Waals surface area contributed by atoms with Crippen LogP contribution in [0.15, 0.2) is 0 Å². The first-order chi connectivity index (χ1) is 4.63. The molecule has 0 saturated carbocycles. The lowest BCUT2D eigenvalue weighted by Crippen LogP contribution is -2.40. The normalized spacial score (nSPS) is 35.7. The van der Waals surface area contributed by atoms with Crippen molar-refractivity contribution in [1.82, 2.24) is 4.90 Å². The van der Waals surface area contributed by atoms with Crippen molar-refractivity contribution >= 4 is 0 Å². The maximum Gasteiger partial charge on any atom is 0.0222 e. The van der Waals surface area contributed by atoms with Crippen molar-refractivity contribution in [2.75, 3.05) is 6.54 Å². The number of hydrogen-bond donors (Lipinski definition) is 1. The van der Waals surface area contributed by atoms with Crippen molar-refractivity contribution in [3.8, 4) is 0 Å². The summed E-state index contributed by atoms with van der Waals surface area (Å²) in [6.07, 6.45) is 1.17. The Labute approximate surface area is 63.4 Å². The minimum atomic E-state index is 0.405. The van der Waals surface area contributed by atoms with E-state index in [1.165, 1.54) is 13.0 Å². The Morgan fingerprint density at radius 3 is 2.30 bits per heavy atom. The van der Waals surface area contributed by atoms with Crippen molar-refractivity contribution in [2.24, 2.45) is 5.73 Å². The van der Waals surface area contributed by atoms with Crippen LogP contribution in [0.1, 0.15) is 27.2 Å². The highest BCUT2D eigenvalue weighted by Gasteiger charge is 2.28. The molecular weight excluding hydrogens is 124 g/mol. The minimum Gasteiger partial charge on any atom is -0.326 e. The van der Waals surface area contributed by atoms with E-state index in [2.05, 4.69) is 25.7 Å². The average molecular weight is 142 g/mol. The molecule has 0 aromatic rings. The van der Waals surface area contributed by atoms with Crippen LogP contribution in [-0.2, 0) is 0 Å². The number of hydrogen-bond acceptors (Lipinski definition) is 2. The monoisotopic (exact) mass is 142 g/mol. The van der Waals surface area contributed by atoms with Gasteiger partial charge >= 0.3 is 0 Å². The third-order valence-corrected chi connectivity index (χ3v) is 2.53. The summed E-state index contributed by atoms with van der Waals surface area (Å²) in [7, 11) is 0. The fourth-order valence-corrected chi connectivity index (χ4v) is 1.72. The third-order valence-electron chi connectivity index (χ3n) is 2.53. The van der Waals surface area contributed by atoms with Crippen LogP contribution in [-0.4, -0.2) is 29.6 Å². The standard InChI is InChI=1S/C8H18N2/c1-6(2)10-5-4-8(9)7(10)3/h6-8H,4-5,9H2,1-3H3. The Kier molecular flexibility index (Phi) is 2.32. The number of likely N-dealkylation sites (tertiary alicyclic amines) is 1. The average Bonchev–Trinajstić information content (AvgIpc) is 2.14. The quantitative estimate of drug-likeness (QED) is 0.587. The van der Waals surface area contributed by atoms with E-state index in [-0.39, 0.29) is 0 Å². The SMILES string of the molecule is CC(C)N1CCC(N)C1C. The van der Waals surface area contributed by atoms with Crippen LogP contribution in [0.3, 0.4) is 0 Å². The lowest BCUT2D eigenvalue weighted by molar-refractivity contribution is 0.209. The zero-order valence-electron chi connectivity index (χ0n) is 7.17. The van der Waals surface area contributed by atoms with E-state index in [4.69, 9.17) is 5.73 Å². The number of nitrogens with two attached hydrogens (primary N) is 1. The van der Waals surface area contributed by atoms with Crippen LogP contribution >= 0.6 is 0 Å². The molecule has 0 aliphatic carbocycles. The van der Waals surface area contributed by atoms with Gasteiger partial charge in [0.15, 0.2) is 0 Å². The Hall–Kier alpha value is -0.0800. The van der Waals surface area contributed by atoms with Gasteiger partial charge in [-0.3, -0.25) is 4.90 Å². The molecule has 2 N–H and O–H groups in total. The Morgan fingerprint density at radius 2 is 2.10 bits per heavy atom. The molecule has 0 aromatic heterocycles. The van der Waals surface area contributed by atoms with Crippen molar-refractivity contribution < 1.29 is 0 Å². The molecule has 1 aliphatic heterocycles. The second kappa shape index (κ2) is 2.89. The van der Waals surface area contributed by atoms with E-state index in [1.807, 2.05) is 0 Å². The zero-order valence-corrected chi connectivity index (χ0v) is 7.17. The van der Waals surface area contributed by atoms with Crippen molar-refractivity contribution in [3.63, 3.8) is 0 Å². The van der Waals surface area contributed by atoms with Crippen molar-refractivity contribution in [3.05, 3.63) is 0 Å². The fraction of sp³-hybridized carbons (Fsp3) is 1.00. The summed E-state index contributed by atoms with van der Waals surface area (Å²) in [5.74, 6) is 0. The van der Waals surface area contributed by atoms with Gasteiger partial charge in [0.2, 0.25) is 0 Å². The molecule has 1 fully saturated rings. The minimum absolute atomic E-state index is 0.405. The van der Waals surface area contributed by atoms with E-state index in [0.29, 0.717) is 18.1 Å². The van der Waals surface area contributed by atoms with Gasteiger partial charge in [0.05, 0.1) is 0 Å². The molecule has 0 amide bonds. The lowest BCUT2D eigenvalue weighted by atomic mass is 10.1. The zero-order chi connectivity index (χ0) is 7.72. The molecular formula is C8H18N2. The van der Waals surface area contributed by atoms with Crippen LogP contribution in [0.5, 0.6) is 0 Å². The molecule has 0 spiro atoms. The summed E-state index contributed by atoms with van der Waals surface area (Å²) in [4.78, 5) is 2.46. The molecule has 1 heterocycles. The summed E-state index contributed by atoms with van der Waals surface area (Å²) >= 11 is 0. The molecule has 1 rings (SSSR count). The highest BCUT2D eigenvalue weighted by atomic mass is 15.2. The maximum atomic E-state index is 5.86. The summed E-state index contributed by atoms with van der Waals surface area (Å²) in [6.45, 7) is 7.86. The van der Waals surface area contributed by atoms with E-state index in [1.54, 1.807) is 0 Å². The third kappa shape index (κ3) is 1.32. The van der Waals surface area contributed by atoms with Gasteiger partial charge in [0, 0.05) is 24.7 Å². The largest absolute Gasteiger partial charge is 0.326 e. The Balaban J connectivity index is 2.49. The first-order valence-electron chi connectivity index (χ1n) is 4.14. The first kappa shape index (κ1) is 8.02. The predicted octanol–water partition coefficient (Wildman–Crippen LogP) is 0.816. The summed E-state index contributed by atoms with van der Waals surface area (Å²) in [6, 6.07) is 1.64. The van der Waals surface area contributed by atoms with E-state index in [9.17, 15) is 0 Å². The van der Waals surface area contributed by atoms with Crippen LogP contribution in [0.2, 0.25) is 0 Å². The molecule has 2 heteroatoms. The van der Waals surface area contributed by atoms with Gasteiger partial charge in [-0.05, 0) is 27.2 Å². The lowest BCUT2D eigenvalue weighted by Gasteiger charge is -2.26. The van der Waals surface area contributed by atoms with Crippen LogP contribution in [0.25, 0.3) is 0 Å². The molecule has 2 atom stereocenters. The smallest absolute Gasteiger partial charge is 0.0222 e. The van der Waals surface area contributed by atoms with E-state index < -0.39 is 0 Å². The Morgan fingerprint density at radius 1 is 1.50 bits per heavy atom. The van der Waals surface area contributed by atoms with Crippen molar-refractivity contribution in [2.45, 2.75) is 45.3 Å². The molecule has 1 saturated heterocycles. The van der Waals surface area contributed by atoms with Gasteiger partial charge in [-0.15, -0.1) is 0 Å². The second-order valence-corrected chi connectivity index (χ2v) is 3.52. The first-order valence-corrected chi connectivity index (χ1v) is 4.14. The van der Waals surface area contributed by atoms with E-state index in [0.717, 1.165) is 0 Å².